The van der Waals surface area contributed by atoms with Crippen LogP contribution in [0.25, 0.3) is 11.1 Å². The van der Waals surface area contributed by atoms with E-state index >= 15 is 0 Å². The van der Waals surface area contributed by atoms with E-state index in [1.165, 1.54) is 0 Å². The largest absolute Gasteiger partial charge is 0.481 e. The summed E-state index contributed by atoms with van der Waals surface area (Å²) < 4.78 is 31.5. The molecule has 0 saturated heterocycles. The van der Waals surface area contributed by atoms with Gasteiger partial charge in [0.15, 0.2) is 9.84 Å². The maximum atomic E-state index is 13.1. The predicted octanol–water partition coefficient (Wildman–Crippen LogP) is 3.92. The molecule has 150 valence electrons. The third kappa shape index (κ3) is 3.98. The van der Waals surface area contributed by atoms with Gasteiger partial charge in [-0.25, -0.2) is 8.42 Å². The summed E-state index contributed by atoms with van der Waals surface area (Å²) >= 11 is 0. The lowest BCUT2D eigenvalue weighted by Gasteiger charge is -2.20. The molecule has 2 aromatic carbocycles. The molecule has 0 spiro atoms. The van der Waals surface area contributed by atoms with E-state index in [9.17, 15) is 18.3 Å². The maximum Gasteiger partial charge on any atom is 0.313 e. The highest BCUT2D eigenvalue weighted by Gasteiger charge is 2.46. The van der Waals surface area contributed by atoms with E-state index in [-0.39, 0.29) is 11.2 Å². The van der Waals surface area contributed by atoms with Crippen LogP contribution < -0.4 is 0 Å². The highest BCUT2D eigenvalue weighted by Crippen LogP contribution is 2.48. The maximum absolute atomic E-state index is 13.1. The number of methoxy groups -OCH3 is 1. The van der Waals surface area contributed by atoms with Gasteiger partial charge in [0.25, 0.3) is 0 Å². The molecule has 0 amide bonds. The third-order valence-corrected chi connectivity index (χ3v) is 7.60. The van der Waals surface area contributed by atoms with E-state index in [2.05, 4.69) is 0 Å². The van der Waals surface area contributed by atoms with Crippen molar-refractivity contribution in [2.24, 2.45) is 5.41 Å². The molecule has 3 rings (SSSR count). The Labute approximate surface area is 166 Å². The molecule has 5 nitrogen and oxygen atoms in total. The van der Waals surface area contributed by atoms with Crippen molar-refractivity contribution in [3.8, 4) is 11.1 Å². The molecule has 28 heavy (non-hydrogen) atoms. The van der Waals surface area contributed by atoms with Crippen LogP contribution in [0.2, 0.25) is 0 Å². The molecule has 6 heteroatoms. The molecule has 1 fully saturated rings. The number of benzene rings is 2. The van der Waals surface area contributed by atoms with Gasteiger partial charge in [-0.15, -0.1) is 0 Å². The Morgan fingerprint density at radius 3 is 2.25 bits per heavy atom. The lowest BCUT2D eigenvalue weighted by molar-refractivity contribution is -0.142. The van der Waals surface area contributed by atoms with Gasteiger partial charge in [0.1, 0.15) is 0 Å². The molecule has 0 bridgehead atoms. The van der Waals surface area contributed by atoms with Gasteiger partial charge in [0.05, 0.1) is 22.7 Å². The lowest BCUT2D eigenvalue weighted by atomic mass is 9.84. The van der Waals surface area contributed by atoms with Gasteiger partial charge < -0.3 is 9.84 Å². The summed E-state index contributed by atoms with van der Waals surface area (Å²) in [6.07, 6.45) is 1.72. The Kier molecular flexibility index (Phi) is 5.38. The van der Waals surface area contributed by atoms with E-state index in [4.69, 9.17) is 4.74 Å². The number of aliphatic carboxylic acids is 1. The number of carbonyl (C=O) groups is 1. The van der Waals surface area contributed by atoms with Crippen molar-refractivity contribution in [1.29, 1.82) is 0 Å². The molecule has 1 aliphatic rings. The van der Waals surface area contributed by atoms with Crippen LogP contribution in [0.1, 0.15) is 32.3 Å². The first-order valence-corrected chi connectivity index (χ1v) is 10.9. The highest BCUT2D eigenvalue weighted by atomic mass is 32.2. The van der Waals surface area contributed by atoms with Crippen LogP contribution >= 0.6 is 0 Å². The van der Waals surface area contributed by atoms with Crippen molar-refractivity contribution in [3.63, 3.8) is 0 Å². The van der Waals surface area contributed by atoms with Crippen LogP contribution in [-0.2, 0) is 24.8 Å². The van der Waals surface area contributed by atoms with Crippen LogP contribution in [0.3, 0.4) is 0 Å². The standard InChI is InChI=1S/C22H26O5S/c1-21(2,20(23)24)17-10-8-16(9-11-17)18-6-4-5-7-19(18)28(25,26)15-22(12-13-22)14-27-3/h4-11H,12-15H2,1-3H3,(H,23,24). The van der Waals surface area contributed by atoms with Crippen LogP contribution in [0.5, 0.6) is 0 Å². The fourth-order valence-corrected chi connectivity index (χ4v) is 5.60. The normalized spacial score (nSPS) is 16.0. The van der Waals surface area contributed by atoms with E-state index in [1.807, 2.05) is 6.07 Å². The smallest absolute Gasteiger partial charge is 0.313 e. The van der Waals surface area contributed by atoms with Gasteiger partial charge in [-0.1, -0.05) is 42.5 Å². The Balaban J connectivity index is 1.96. The summed E-state index contributed by atoms with van der Waals surface area (Å²) in [5, 5.41) is 9.40. The van der Waals surface area contributed by atoms with Crippen molar-refractivity contribution in [1.82, 2.24) is 0 Å². The summed E-state index contributed by atoms with van der Waals surface area (Å²) in [7, 11) is -1.88. The Hall–Kier alpha value is -2.18. The van der Waals surface area contributed by atoms with Crippen LogP contribution in [0, 0.1) is 5.41 Å². The number of carboxylic acid groups (broad SMARTS) is 1. The zero-order valence-electron chi connectivity index (χ0n) is 16.4. The minimum atomic E-state index is -3.48. The summed E-state index contributed by atoms with van der Waals surface area (Å²) in [5.41, 5.74) is 0.774. The quantitative estimate of drug-likeness (QED) is 0.724. The molecule has 0 heterocycles. The minimum absolute atomic E-state index is 0.0784. The van der Waals surface area contributed by atoms with Gasteiger partial charge >= 0.3 is 5.97 Å². The Bertz CT molecular complexity index is 970. The van der Waals surface area contributed by atoms with Crippen molar-refractivity contribution in [2.75, 3.05) is 19.5 Å². The molecular formula is C22H26O5S. The van der Waals surface area contributed by atoms with Crippen molar-refractivity contribution in [2.45, 2.75) is 37.0 Å². The number of hydrogen-bond donors (Lipinski definition) is 1. The zero-order chi connectivity index (χ0) is 20.6. The molecule has 1 aliphatic carbocycles. The van der Waals surface area contributed by atoms with Crippen LogP contribution in [0.4, 0.5) is 0 Å². The molecule has 0 aromatic heterocycles. The summed E-state index contributed by atoms with van der Waals surface area (Å²) in [5.74, 6) is -0.828. The second-order valence-electron chi connectivity index (χ2n) is 8.20. The van der Waals surface area contributed by atoms with Gasteiger partial charge in [-0.3, -0.25) is 4.79 Å². The molecule has 2 aromatic rings. The van der Waals surface area contributed by atoms with E-state index in [1.54, 1.807) is 63.4 Å². The average molecular weight is 403 g/mol. The summed E-state index contributed by atoms with van der Waals surface area (Å²) in [6, 6.07) is 14.1. The van der Waals surface area contributed by atoms with Crippen LogP contribution in [-0.4, -0.2) is 39.0 Å². The fraction of sp³-hybridized carbons (Fsp3) is 0.409. The van der Waals surface area contributed by atoms with E-state index in [0.717, 1.165) is 18.4 Å². The fourth-order valence-electron chi connectivity index (χ4n) is 3.46. The number of ether oxygens (including phenoxy) is 1. The first-order chi connectivity index (χ1) is 13.1. The molecule has 0 aliphatic heterocycles. The van der Waals surface area contributed by atoms with E-state index in [0.29, 0.717) is 22.6 Å². The predicted molar refractivity (Wildman–Crippen MR) is 108 cm³/mol. The number of carboxylic acids is 1. The topological polar surface area (TPSA) is 80.7 Å². The number of rotatable bonds is 8. The van der Waals surface area contributed by atoms with Gasteiger partial charge in [0.2, 0.25) is 0 Å². The SMILES string of the molecule is COCC1(CS(=O)(=O)c2ccccc2-c2ccc(C(C)(C)C(=O)O)cc2)CC1. The number of hydrogen-bond acceptors (Lipinski definition) is 4. The lowest BCUT2D eigenvalue weighted by Crippen LogP contribution is -2.28. The Morgan fingerprint density at radius 2 is 1.71 bits per heavy atom. The molecule has 0 radical (unpaired) electrons. The second-order valence-corrected chi connectivity index (χ2v) is 10.2. The third-order valence-electron chi connectivity index (χ3n) is 5.58. The molecule has 0 atom stereocenters. The first-order valence-electron chi connectivity index (χ1n) is 9.26. The monoisotopic (exact) mass is 402 g/mol. The van der Waals surface area contributed by atoms with Crippen molar-refractivity contribution in [3.05, 3.63) is 54.1 Å². The van der Waals surface area contributed by atoms with Crippen molar-refractivity contribution < 1.29 is 23.1 Å². The van der Waals surface area contributed by atoms with Gasteiger partial charge in [-0.05, 0) is 43.9 Å². The Morgan fingerprint density at radius 1 is 1.11 bits per heavy atom. The minimum Gasteiger partial charge on any atom is -0.481 e. The van der Waals surface area contributed by atoms with Crippen LogP contribution in [0.15, 0.2) is 53.4 Å². The highest BCUT2D eigenvalue weighted by molar-refractivity contribution is 7.91. The average Bonchev–Trinajstić information content (AvgIpc) is 3.40. The first kappa shape index (κ1) is 20.6. The molecular weight excluding hydrogens is 376 g/mol. The van der Waals surface area contributed by atoms with E-state index < -0.39 is 21.2 Å². The summed E-state index contributed by atoms with van der Waals surface area (Å²) in [4.78, 5) is 11.8. The number of sulfone groups is 1. The molecule has 0 unspecified atom stereocenters. The second kappa shape index (κ2) is 7.33. The summed E-state index contributed by atoms with van der Waals surface area (Å²) in [6.45, 7) is 3.74. The molecule has 1 saturated carbocycles. The van der Waals surface area contributed by atoms with Crippen molar-refractivity contribution >= 4 is 15.8 Å². The zero-order valence-corrected chi connectivity index (χ0v) is 17.3. The van der Waals surface area contributed by atoms with Gasteiger partial charge in [0, 0.05) is 18.1 Å². The van der Waals surface area contributed by atoms with Gasteiger partial charge in [-0.2, -0.15) is 0 Å². The molecule has 1 N–H and O–H groups in total.